The van der Waals surface area contributed by atoms with Crippen LogP contribution in [0.5, 0.6) is 0 Å². The van der Waals surface area contributed by atoms with Gasteiger partial charge in [-0.1, -0.05) is 13.3 Å². The molecule has 1 saturated heterocycles. The first kappa shape index (κ1) is 14.6. The maximum absolute atomic E-state index is 10.7. The highest BCUT2D eigenvalue weighted by molar-refractivity contribution is 5.87. The molecule has 0 saturated carbocycles. The van der Waals surface area contributed by atoms with Crippen molar-refractivity contribution in [3.8, 4) is 0 Å². The number of nitrogens with zero attached hydrogens (tertiary/aromatic N) is 3. The molecule has 1 fully saturated rings. The number of piperidine rings is 1. The van der Waals surface area contributed by atoms with Crippen molar-refractivity contribution in [1.29, 1.82) is 0 Å². The second-order valence-corrected chi connectivity index (χ2v) is 5.48. The Morgan fingerprint density at radius 1 is 1.55 bits per heavy atom. The van der Waals surface area contributed by atoms with E-state index in [4.69, 9.17) is 5.11 Å². The molecule has 0 aliphatic carbocycles. The number of hydrogen-bond donors (Lipinski definition) is 1. The number of carbonyl (C=O) groups is 1. The van der Waals surface area contributed by atoms with Gasteiger partial charge in [0.25, 0.3) is 0 Å². The largest absolute Gasteiger partial charge is 0.478 e. The van der Waals surface area contributed by atoms with Crippen molar-refractivity contribution in [3.05, 3.63) is 17.3 Å². The topological polar surface area (TPSA) is 58.4 Å². The van der Waals surface area contributed by atoms with Crippen LogP contribution in [0.3, 0.4) is 0 Å². The lowest BCUT2D eigenvalue weighted by atomic mass is 9.95. The Bertz CT molecular complexity index is 519. The molecule has 0 aromatic carbocycles. The van der Waals surface area contributed by atoms with E-state index in [0.717, 1.165) is 36.1 Å². The predicted molar refractivity (Wildman–Crippen MR) is 79.8 cm³/mol. The molecule has 0 bridgehead atoms. The highest BCUT2D eigenvalue weighted by atomic mass is 16.4. The van der Waals surface area contributed by atoms with E-state index in [1.807, 2.05) is 18.7 Å². The third-order valence-electron chi connectivity index (χ3n) is 4.03. The molecule has 1 aliphatic rings. The van der Waals surface area contributed by atoms with Crippen LogP contribution in [0.25, 0.3) is 6.08 Å². The highest BCUT2D eigenvalue weighted by Crippen LogP contribution is 2.29. The minimum absolute atomic E-state index is 0.718. The van der Waals surface area contributed by atoms with Gasteiger partial charge in [-0.15, -0.1) is 0 Å². The van der Waals surface area contributed by atoms with E-state index in [-0.39, 0.29) is 0 Å². The number of aromatic nitrogens is 2. The predicted octanol–water partition coefficient (Wildman–Crippen LogP) is 2.45. The van der Waals surface area contributed by atoms with Crippen molar-refractivity contribution in [2.75, 3.05) is 18.0 Å². The molecule has 1 unspecified atom stereocenters. The Kier molecular flexibility index (Phi) is 4.47. The fraction of sp³-hybridized carbons (Fsp3) is 0.600. The van der Waals surface area contributed by atoms with Gasteiger partial charge in [0.2, 0.25) is 0 Å². The lowest BCUT2D eigenvalue weighted by Gasteiger charge is -2.34. The van der Waals surface area contributed by atoms with Crippen molar-refractivity contribution in [3.63, 3.8) is 0 Å². The summed E-state index contributed by atoms with van der Waals surface area (Å²) in [6, 6.07) is 0. The molecule has 1 N–H and O–H groups in total. The minimum Gasteiger partial charge on any atom is -0.478 e. The van der Waals surface area contributed by atoms with Crippen molar-refractivity contribution in [1.82, 2.24) is 9.78 Å². The van der Waals surface area contributed by atoms with Gasteiger partial charge in [0, 0.05) is 31.8 Å². The van der Waals surface area contributed by atoms with Gasteiger partial charge in [0.1, 0.15) is 5.82 Å². The first-order valence-corrected chi connectivity index (χ1v) is 7.22. The van der Waals surface area contributed by atoms with Crippen molar-refractivity contribution >= 4 is 17.9 Å². The molecule has 5 heteroatoms. The third kappa shape index (κ3) is 3.03. The second-order valence-electron chi connectivity index (χ2n) is 5.48. The maximum Gasteiger partial charge on any atom is 0.328 e. The van der Waals surface area contributed by atoms with Gasteiger partial charge in [-0.3, -0.25) is 4.68 Å². The van der Waals surface area contributed by atoms with Crippen LogP contribution in [0.1, 0.15) is 37.4 Å². The van der Waals surface area contributed by atoms with Gasteiger partial charge in [-0.2, -0.15) is 5.10 Å². The number of hydrogen-bond acceptors (Lipinski definition) is 3. The summed E-state index contributed by atoms with van der Waals surface area (Å²) in [5, 5.41) is 13.3. The Labute approximate surface area is 119 Å². The van der Waals surface area contributed by atoms with Crippen LogP contribution in [0.4, 0.5) is 5.82 Å². The summed E-state index contributed by atoms with van der Waals surface area (Å²) in [5.74, 6) is 0.831. The lowest BCUT2D eigenvalue weighted by Crippen LogP contribution is -2.36. The van der Waals surface area contributed by atoms with Gasteiger partial charge >= 0.3 is 5.97 Å². The monoisotopic (exact) mass is 277 g/mol. The summed E-state index contributed by atoms with van der Waals surface area (Å²) in [5.41, 5.74) is 1.80. The van der Waals surface area contributed by atoms with Crippen LogP contribution < -0.4 is 4.90 Å². The van der Waals surface area contributed by atoms with Gasteiger partial charge in [0.05, 0.1) is 5.69 Å². The van der Waals surface area contributed by atoms with E-state index in [9.17, 15) is 4.79 Å². The van der Waals surface area contributed by atoms with Crippen LogP contribution in [0.2, 0.25) is 0 Å². The molecule has 20 heavy (non-hydrogen) atoms. The third-order valence-corrected chi connectivity index (χ3v) is 4.03. The molecule has 1 aliphatic heterocycles. The zero-order chi connectivity index (χ0) is 14.7. The molecular weight excluding hydrogens is 254 g/mol. The molecule has 2 rings (SSSR count). The van der Waals surface area contributed by atoms with E-state index in [2.05, 4.69) is 16.9 Å². The van der Waals surface area contributed by atoms with Crippen molar-refractivity contribution in [2.45, 2.75) is 33.1 Å². The van der Waals surface area contributed by atoms with Gasteiger partial charge < -0.3 is 10.0 Å². The fourth-order valence-electron chi connectivity index (χ4n) is 2.98. The summed E-state index contributed by atoms with van der Waals surface area (Å²) in [6.07, 6.45) is 6.51. The zero-order valence-corrected chi connectivity index (χ0v) is 12.5. The fourth-order valence-corrected chi connectivity index (χ4v) is 2.98. The smallest absolute Gasteiger partial charge is 0.328 e. The molecule has 0 amide bonds. The summed E-state index contributed by atoms with van der Waals surface area (Å²) < 4.78 is 1.87. The Hall–Kier alpha value is -1.78. The van der Waals surface area contributed by atoms with Crippen LogP contribution >= 0.6 is 0 Å². The number of aliphatic carboxylic acids is 1. The molecule has 110 valence electrons. The van der Waals surface area contributed by atoms with Crippen molar-refractivity contribution in [2.24, 2.45) is 13.0 Å². The molecule has 0 spiro atoms. The normalized spacial score (nSPS) is 19.8. The highest BCUT2D eigenvalue weighted by Gasteiger charge is 2.24. The van der Waals surface area contributed by atoms with Gasteiger partial charge in [0.15, 0.2) is 0 Å². The molecule has 5 nitrogen and oxygen atoms in total. The van der Waals surface area contributed by atoms with Gasteiger partial charge in [-0.05, 0) is 31.8 Å². The standard InChI is InChI=1S/C15H23N3O2/c1-4-12-6-5-9-18(10-12)15-13(7-8-14(19)20)11(2)16-17(15)3/h7-8,12H,4-6,9-10H2,1-3H3,(H,19,20)/b8-7+. The Morgan fingerprint density at radius 3 is 2.95 bits per heavy atom. The molecule has 1 aromatic rings. The first-order valence-electron chi connectivity index (χ1n) is 7.22. The summed E-state index contributed by atoms with van der Waals surface area (Å²) in [7, 11) is 1.93. The van der Waals surface area contributed by atoms with Gasteiger partial charge in [-0.25, -0.2) is 4.79 Å². The quantitative estimate of drug-likeness (QED) is 0.859. The number of anilines is 1. The second kappa shape index (κ2) is 6.11. The first-order chi connectivity index (χ1) is 9.52. The van der Waals surface area contributed by atoms with E-state index < -0.39 is 5.97 Å². The SMILES string of the molecule is CCC1CCCN(c2c(/C=C/C(=O)O)c(C)nn2C)C1. The molecule has 1 atom stereocenters. The zero-order valence-electron chi connectivity index (χ0n) is 12.5. The number of rotatable bonds is 4. The maximum atomic E-state index is 10.7. The summed E-state index contributed by atoms with van der Waals surface area (Å²) in [6.45, 7) is 6.20. The van der Waals surface area contributed by atoms with Crippen LogP contribution in [-0.2, 0) is 11.8 Å². The number of carboxylic acids is 1. The summed E-state index contributed by atoms with van der Waals surface area (Å²) >= 11 is 0. The van der Waals surface area contributed by atoms with E-state index in [1.54, 1.807) is 6.08 Å². The average molecular weight is 277 g/mol. The van der Waals surface area contributed by atoms with Crippen LogP contribution in [0.15, 0.2) is 6.08 Å². The van der Waals surface area contributed by atoms with E-state index >= 15 is 0 Å². The average Bonchev–Trinajstić information content (AvgIpc) is 2.70. The molecule has 2 heterocycles. The lowest BCUT2D eigenvalue weighted by molar-refractivity contribution is -0.131. The number of carboxylic acid groups (broad SMARTS) is 1. The molecular formula is C15H23N3O2. The molecule has 0 radical (unpaired) electrons. The van der Waals surface area contributed by atoms with E-state index in [0.29, 0.717) is 0 Å². The summed E-state index contributed by atoms with van der Waals surface area (Å²) in [4.78, 5) is 13.1. The van der Waals surface area contributed by atoms with Crippen molar-refractivity contribution < 1.29 is 9.90 Å². The molecule has 1 aromatic heterocycles. The van der Waals surface area contributed by atoms with Crippen LogP contribution in [0, 0.1) is 12.8 Å². The van der Waals surface area contributed by atoms with E-state index in [1.165, 1.54) is 25.3 Å². The Morgan fingerprint density at radius 2 is 2.30 bits per heavy atom. The van der Waals surface area contributed by atoms with Crippen LogP contribution in [-0.4, -0.2) is 33.9 Å². The Balaban J connectivity index is 2.32. The number of aryl methyl sites for hydroxylation is 2. The minimum atomic E-state index is -0.927.